The number of nitrogens with zero attached hydrogens (tertiary/aromatic N) is 1. The predicted octanol–water partition coefficient (Wildman–Crippen LogP) is 6.30. The maximum Gasteiger partial charge on any atom is 0.144 e. The molecule has 33 heavy (non-hydrogen) atoms. The molecule has 4 aromatic rings. The van der Waals surface area contributed by atoms with E-state index in [2.05, 4.69) is 56.3 Å². The van der Waals surface area contributed by atoms with Gasteiger partial charge in [0.1, 0.15) is 11.6 Å². The molecule has 4 heteroatoms. The fourth-order valence-electron chi connectivity index (χ4n) is 4.95. The van der Waals surface area contributed by atoms with E-state index in [0.29, 0.717) is 0 Å². The fourth-order valence-corrected chi connectivity index (χ4v) is 4.95. The van der Waals surface area contributed by atoms with Crippen LogP contribution in [0.4, 0.5) is 0 Å². The van der Waals surface area contributed by atoms with Crippen LogP contribution < -0.4 is 0 Å². The summed E-state index contributed by atoms with van der Waals surface area (Å²) in [4.78, 5) is 29.1. The number of carbonyl (C=O) groups excluding carboxylic acids is 2. The Kier molecular flexibility index (Phi) is 6.18. The number of benzene rings is 3. The zero-order chi connectivity index (χ0) is 22.5. The van der Waals surface area contributed by atoms with Crippen molar-refractivity contribution in [3.05, 3.63) is 89.5 Å². The average Bonchev–Trinajstić information content (AvgIpc) is 2.99. The van der Waals surface area contributed by atoms with E-state index in [0.717, 1.165) is 27.7 Å². The summed E-state index contributed by atoms with van der Waals surface area (Å²) in [6.45, 7) is 5.96. The van der Waals surface area contributed by atoms with E-state index in [9.17, 15) is 9.59 Å². The van der Waals surface area contributed by atoms with E-state index in [-0.39, 0.29) is 49.9 Å². The van der Waals surface area contributed by atoms with Crippen LogP contribution in [0.3, 0.4) is 0 Å². The van der Waals surface area contributed by atoms with Gasteiger partial charge in [-0.3, -0.25) is 9.59 Å². The van der Waals surface area contributed by atoms with Crippen LogP contribution >= 0.6 is 0 Å². The van der Waals surface area contributed by atoms with Gasteiger partial charge in [-0.2, -0.15) is 0 Å². The number of ketones is 2. The standard InChI is InChI=1S/C29H25NO2.Ir/c1-18(31)14-21(32)15-20-16-24-22-9-5-6-10-25(22)29(2,3)26(24)17-23(20)28-13-12-19-8-4-7-11-27(19)30-28;/h4-13,16-17H,14-15H2,1-3H3;. The Hall–Kier alpha value is -2.94. The first kappa shape index (κ1) is 23.2. The van der Waals surface area contributed by atoms with Crippen molar-refractivity contribution in [1.29, 1.82) is 0 Å². The van der Waals surface area contributed by atoms with Crippen LogP contribution in [0.2, 0.25) is 0 Å². The Morgan fingerprint density at radius 3 is 2.33 bits per heavy atom. The largest absolute Gasteiger partial charge is 0.300 e. The van der Waals surface area contributed by atoms with Crippen molar-refractivity contribution in [3.8, 4) is 22.4 Å². The third-order valence-electron chi connectivity index (χ3n) is 6.52. The number of fused-ring (bicyclic) bond motifs is 4. The molecule has 0 atom stereocenters. The first-order valence-corrected chi connectivity index (χ1v) is 11.0. The van der Waals surface area contributed by atoms with E-state index in [1.807, 2.05) is 30.3 Å². The Bertz CT molecular complexity index is 1400. The fraction of sp³-hybridized carbons (Fsp3) is 0.207. The van der Waals surface area contributed by atoms with Crippen molar-refractivity contribution >= 4 is 22.5 Å². The molecule has 0 unspecified atom stereocenters. The molecule has 1 heterocycles. The van der Waals surface area contributed by atoms with Gasteiger partial charge >= 0.3 is 0 Å². The van der Waals surface area contributed by atoms with Crippen molar-refractivity contribution in [2.75, 3.05) is 0 Å². The van der Waals surface area contributed by atoms with Gasteiger partial charge in [0.25, 0.3) is 0 Å². The number of carbonyl (C=O) groups is 2. The third kappa shape index (κ3) is 4.10. The van der Waals surface area contributed by atoms with Crippen LogP contribution in [0.1, 0.15) is 43.9 Å². The van der Waals surface area contributed by atoms with Gasteiger partial charge in [0.15, 0.2) is 0 Å². The molecule has 0 spiro atoms. The number of aromatic nitrogens is 1. The molecular weight excluding hydrogens is 587 g/mol. The maximum absolute atomic E-state index is 12.7. The minimum atomic E-state index is -0.139. The van der Waals surface area contributed by atoms with Crippen LogP contribution in [-0.4, -0.2) is 16.6 Å². The monoisotopic (exact) mass is 612 g/mol. The van der Waals surface area contributed by atoms with Gasteiger partial charge in [0.2, 0.25) is 0 Å². The second-order valence-corrected chi connectivity index (χ2v) is 9.21. The quantitative estimate of drug-likeness (QED) is 0.249. The zero-order valence-electron chi connectivity index (χ0n) is 18.9. The van der Waals surface area contributed by atoms with Crippen molar-refractivity contribution in [3.63, 3.8) is 0 Å². The number of pyridine rings is 1. The molecule has 0 aliphatic heterocycles. The third-order valence-corrected chi connectivity index (χ3v) is 6.52. The van der Waals surface area contributed by atoms with Crippen LogP contribution in [0.15, 0.2) is 72.8 Å². The molecule has 0 bridgehead atoms. The van der Waals surface area contributed by atoms with Crippen LogP contribution in [0.25, 0.3) is 33.3 Å². The van der Waals surface area contributed by atoms with Crippen LogP contribution in [0, 0.1) is 0 Å². The van der Waals surface area contributed by atoms with E-state index in [4.69, 9.17) is 4.98 Å². The summed E-state index contributed by atoms with van der Waals surface area (Å²) in [5, 5.41) is 1.08. The van der Waals surface area contributed by atoms with Gasteiger partial charge in [-0.1, -0.05) is 62.4 Å². The van der Waals surface area contributed by atoms with Gasteiger partial charge in [0, 0.05) is 42.9 Å². The summed E-state index contributed by atoms with van der Waals surface area (Å²) < 4.78 is 0. The summed E-state index contributed by atoms with van der Waals surface area (Å²) in [7, 11) is 0. The maximum atomic E-state index is 12.7. The summed E-state index contributed by atoms with van der Waals surface area (Å²) >= 11 is 0. The van der Waals surface area contributed by atoms with Crippen molar-refractivity contribution in [2.45, 2.75) is 39.0 Å². The molecule has 0 N–H and O–H groups in total. The van der Waals surface area contributed by atoms with Crippen molar-refractivity contribution in [2.24, 2.45) is 0 Å². The summed E-state index contributed by atoms with van der Waals surface area (Å²) in [5.74, 6) is -0.168. The second-order valence-electron chi connectivity index (χ2n) is 9.21. The van der Waals surface area contributed by atoms with Crippen molar-refractivity contribution in [1.82, 2.24) is 4.98 Å². The molecular formula is C29H25IrNO2. The van der Waals surface area contributed by atoms with Gasteiger partial charge < -0.3 is 0 Å². The SMILES string of the molecule is CC(=O)CC(=O)Cc1cc2c(cc1-c1ccc3ccccc3n1)C(C)(C)c1ccccc1-2.[Ir]. The molecule has 1 aromatic heterocycles. The number of Topliss-reactive ketones (excluding diaryl/α,β-unsaturated/α-hetero) is 2. The smallest absolute Gasteiger partial charge is 0.144 e. The van der Waals surface area contributed by atoms with Gasteiger partial charge in [-0.05, 0) is 59.0 Å². The molecule has 0 amide bonds. The molecule has 0 saturated heterocycles. The molecule has 5 rings (SSSR count). The summed E-state index contributed by atoms with van der Waals surface area (Å²) in [6, 6.07) is 25.0. The topological polar surface area (TPSA) is 47.0 Å². The van der Waals surface area contributed by atoms with E-state index in [1.165, 1.54) is 29.2 Å². The minimum Gasteiger partial charge on any atom is -0.300 e. The Labute approximate surface area is 207 Å². The molecule has 1 aliphatic carbocycles. The van der Waals surface area contributed by atoms with E-state index < -0.39 is 0 Å². The number of para-hydroxylation sites is 1. The Morgan fingerprint density at radius 1 is 0.818 bits per heavy atom. The molecule has 3 aromatic carbocycles. The number of hydrogen-bond donors (Lipinski definition) is 0. The van der Waals surface area contributed by atoms with Crippen LogP contribution in [0.5, 0.6) is 0 Å². The molecule has 0 fully saturated rings. The first-order chi connectivity index (χ1) is 15.3. The molecule has 1 radical (unpaired) electrons. The van der Waals surface area contributed by atoms with Crippen LogP contribution in [-0.2, 0) is 41.5 Å². The summed E-state index contributed by atoms with van der Waals surface area (Å²) in [6.07, 6.45) is 0.184. The predicted molar refractivity (Wildman–Crippen MR) is 129 cm³/mol. The first-order valence-electron chi connectivity index (χ1n) is 11.0. The van der Waals surface area contributed by atoms with Gasteiger partial charge in [-0.15, -0.1) is 0 Å². The van der Waals surface area contributed by atoms with Gasteiger partial charge in [-0.25, -0.2) is 4.98 Å². The van der Waals surface area contributed by atoms with Gasteiger partial charge in [0.05, 0.1) is 17.6 Å². The van der Waals surface area contributed by atoms with E-state index >= 15 is 0 Å². The molecule has 3 nitrogen and oxygen atoms in total. The number of rotatable bonds is 5. The molecule has 167 valence electrons. The Balaban J connectivity index is 0.00000259. The zero-order valence-corrected chi connectivity index (χ0v) is 21.3. The average molecular weight is 612 g/mol. The summed E-state index contributed by atoms with van der Waals surface area (Å²) in [5.41, 5.74) is 8.44. The molecule has 1 aliphatic rings. The van der Waals surface area contributed by atoms with Crippen molar-refractivity contribution < 1.29 is 29.7 Å². The molecule has 0 saturated carbocycles. The second kappa shape index (κ2) is 8.78. The van der Waals surface area contributed by atoms with E-state index in [1.54, 1.807) is 0 Å². The normalized spacial score (nSPS) is 13.2. The minimum absolute atomic E-state index is 0. The Morgan fingerprint density at radius 2 is 1.55 bits per heavy atom. The number of hydrogen-bond acceptors (Lipinski definition) is 3.